The predicted octanol–water partition coefficient (Wildman–Crippen LogP) is 6.82. The zero-order valence-corrected chi connectivity index (χ0v) is 26.1. The molecule has 42 heavy (non-hydrogen) atoms. The molecule has 220 valence electrons. The lowest BCUT2D eigenvalue weighted by Crippen LogP contribution is -2.38. The van der Waals surface area contributed by atoms with E-state index in [0.29, 0.717) is 12.1 Å². The van der Waals surface area contributed by atoms with Gasteiger partial charge in [0.25, 0.3) is 0 Å². The van der Waals surface area contributed by atoms with Crippen molar-refractivity contribution in [2.75, 3.05) is 64.2 Å². The van der Waals surface area contributed by atoms with Gasteiger partial charge in [0.05, 0.1) is 12.1 Å². The van der Waals surface area contributed by atoms with Crippen LogP contribution in [0.15, 0.2) is 107 Å². The van der Waals surface area contributed by atoms with Crippen molar-refractivity contribution in [2.24, 2.45) is 0 Å². The maximum atomic E-state index is 2.66. The quantitative estimate of drug-likeness (QED) is 0.351. The molecule has 2 aromatic rings. The van der Waals surface area contributed by atoms with Gasteiger partial charge in [-0.15, -0.1) is 0 Å². The van der Waals surface area contributed by atoms with E-state index in [2.05, 4.69) is 133 Å². The third kappa shape index (κ3) is 6.21. The summed E-state index contributed by atoms with van der Waals surface area (Å²) in [5.41, 5.74) is 11.6. The molecule has 0 fully saturated rings. The van der Waals surface area contributed by atoms with Crippen LogP contribution in [0.3, 0.4) is 0 Å². The molecule has 2 atom stereocenters. The zero-order chi connectivity index (χ0) is 29.1. The Bertz CT molecular complexity index is 1310. The lowest BCUT2D eigenvalue weighted by atomic mass is 9.87. The highest BCUT2D eigenvalue weighted by molar-refractivity contribution is 5.65. The van der Waals surface area contributed by atoms with Crippen molar-refractivity contribution in [2.45, 2.75) is 50.6 Å². The molecule has 0 saturated heterocycles. The molecule has 0 N–H and O–H groups in total. The smallest absolute Gasteiger partial charge is 0.0693 e. The summed E-state index contributed by atoms with van der Waals surface area (Å²) in [7, 11) is 8.70. The van der Waals surface area contributed by atoms with E-state index in [4.69, 9.17) is 0 Å². The van der Waals surface area contributed by atoms with E-state index in [9.17, 15) is 0 Å². The first kappa shape index (κ1) is 28.8. The van der Waals surface area contributed by atoms with Crippen LogP contribution in [0.2, 0.25) is 0 Å². The van der Waals surface area contributed by atoms with E-state index in [-0.39, 0.29) is 0 Å². The molecule has 4 nitrogen and oxygen atoms in total. The number of allylic oxidation sites excluding steroid dienone is 6. The Kier molecular flexibility index (Phi) is 8.83. The number of hydrogen-bond donors (Lipinski definition) is 0. The van der Waals surface area contributed by atoms with Crippen LogP contribution in [-0.4, -0.2) is 76.3 Å². The monoisotopic (exact) mass is 560 g/mol. The normalized spacial score (nSPS) is 23.1. The second kappa shape index (κ2) is 12.9. The fraction of sp³-hybridized carbons (Fsp3) is 0.421. The maximum Gasteiger partial charge on any atom is 0.0693 e. The van der Waals surface area contributed by atoms with Crippen LogP contribution in [0.5, 0.6) is 0 Å². The molecular weight excluding hydrogens is 512 g/mol. The number of hydrogen-bond acceptors (Lipinski definition) is 4. The minimum Gasteiger partial charge on any atom is -0.361 e. The van der Waals surface area contributed by atoms with E-state index >= 15 is 0 Å². The molecule has 0 saturated carbocycles. The summed E-state index contributed by atoms with van der Waals surface area (Å²) < 4.78 is 0. The summed E-state index contributed by atoms with van der Waals surface area (Å²) in [5, 5.41) is 0. The summed E-state index contributed by atoms with van der Waals surface area (Å²) in [4.78, 5) is 9.92. The Balaban J connectivity index is 1.29. The van der Waals surface area contributed by atoms with Gasteiger partial charge in [-0.1, -0.05) is 72.9 Å². The van der Waals surface area contributed by atoms with Crippen molar-refractivity contribution < 1.29 is 0 Å². The van der Waals surface area contributed by atoms with E-state index in [1.807, 2.05) is 0 Å². The fourth-order valence-electron chi connectivity index (χ4n) is 7.21. The molecule has 4 heteroatoms. The molecule has 6 rings (SSSR count). The Morgan fingerprint density at radius 2 is 1.02 bits per heavy atom. The van der Waals surface area contributed by atoms with Crippen LogP contribution in [0, 0.1) is 0 Å². The van der Waals surface area contributed by atoms with Gasteiger partial charge in [0.2, 0.25) is 0 Å². The van der Waals surface area contributed by atoms with Gasteiger partial charge in [-0.25, -0.2) is 0 Å². The number of rotatable bonds is 8. The lowest BCUT2D eigenvalue weighted by molar-refractivity contribution is 0.399. The second-order valence-electron chi connectivity index (χ2n) is 12.9. The SMILES string of the molecule is CN(C)CCCN1c2ccccc2CCC2=C/C(=C3/C=CC4C(=C3)CCc3ccccc3N4CCCN(C)C)C=CC21. The van der Waals surface area contributed by atoms with Gasteiger partial charge in [-0.2, -0.15) is 0 Å². The molecular formula is C38H48N4. The number of para-hydroxylation sites is 2. The van der Waals surface area contributed by atoms with E-state index < -0.39 is 0 Å². The highest BCUT2D eigenvalue weighted by atomic mass is 15.2. The molecule has 4 aliphatic rings. The van der Waals surface area contributed by atoms with Crippen molar-refractivity contribution >= 4 is 11.4 Å². The largest absolute Gasteiger partial charge is 0.361 e. The lowest BCUT2D eigenvalue weighted by Gasteiger charge is -2.36. The number of anilines is 2. The number of nitrogens with zero attached hydrogens (tertiary/aromatic N) is 4. The molecule has 0 radical (unpaired) electrons. The van der Waals surface area contributed by atoms with Gasteiger partial charge in [0, 0.05) is 24.5 Å². The highest BCUT2D eigenvalue weighted by Crippen LogP contribution is 2.39. The summed E-state index contributed by atoms with van der Waals surface area (Å²) in [6.45, 7) is 4.37. The number of fused-ring (bicyclic) bond motifs is 4. The third-order valence-corrected chi connectivity index (χ3v) is 9.34. The standard InChI is InChI=1S/C38H48N4/c1-39(2)23-9-25-41-35-13-7-5-11-29(35)15-17-33-27-31(19-21-37(33)41)32-20-22-38-34(28-32)18-16-30-12-6-8-14-36(30)42(38)26-10-24-40(3)4/h5-8,11-14,19-22,27-28,37-38H,9-10,15-18,23-26H2,1-4H3/b32-31-. The Labute approximate surface area is 254 Å². The van der Waals surface area contributed by atoms with Crippen molar-refractivity contribution in [3.05, 3.63) is 118 Å². The molecule has 0 bridgehead atoms. The highest BCUT2D eigenvalue weighted by Gasteiger charge is 2.30. The average molecular weight is 561 g/mol. The van der Waals surface area contributed by atoms with Crippen molar-refractivity contribution in [1.29, 1.82) is 0 Å². The van der Waals surface area contributed by atoms with Crippen LogP contribution in [0.25, 0.3) is 0 Å². The maximum absolute atomic E-state index is 2.66. The first-order chi connectivity index (χ1) is 20.5. The van der Waals surface area contributed by atoms with E-state index in [0.717, 1.165) is 64.7 Å². The van der Waals surface area contributed by atoms with Crippen LogP contribution in [0.4, 0.5) is 11.4 Å². The third-order valence-electron chi connectivity index (χ3n) is 9.34. The molecule has 2 heterocycles. The van der Waals surface area contributed by atoms with Crippen LogP contribution in [0.1, 0.15) is 36.8 Å². The molecule has 2 aliphatic carbocycles. The Hall–Kier alpha value is -3.34. The minimum absolute atomic E-state index is 0.340. The van der Waals surface area contributed by atoms with Gasteiger partial charge in [0.1, 0.15) is 0 Å². The average Bonchev–Trinajstić information content (AvgIpc) is 3.25. The van der Waals surface area contributed by atoms with Crippen molar-refractivity contribution in [3.8, 4) is 0 Å². The molecule has 2 aliphatic heterocycles. The summed E-state index contributed by atoms with van der Waals surface area (Å²) >= 11 is 0. The van der Waals surface area contributed by atoms with Crippen molar-refractivity contribution in [3.63, 3.8) is 0 Å². The van der Waals surface area contributed by atoms with Crippen LogP contribution in [-0.2, 0) is 12.8 Å². The number of aryl methyl sites for hydroxylation is 2. The summed E-state index contributed by atoms with van der Waals surface area (Å²) in [6.07, 6.45) is 21.6. The number of benzene rings is 2. The van der Waals surface area contributed by atoms with Gasteiger partial charge in [-0.3, -0.25) is 0 Å². The second-order valence-corrected chi connectivity index (χ2v) is 12.9. The Morgan fingerprint density at radius 1 is 0.595 bits per heavy atom. The zero-order valence-electron chi connectivity index (χ0n) is 26.1. The predicted molar refractivity (Wildman–Crippen MR) is 180 cm³/mol. The first-order valence-electron chi connectivity index (χ1n) is 16.0. The van der Waals surface area contributed by atoms with Gasteiger partial charge < -0.3 is 19.6 Å². The first-order valence-corrected chi connectivity index (χ1v) is 16.0. The van der Waals surface area contributed by atoms with E-state index in [1.54, 1.807) is 11.1 Å². The molecule has 2 unspecified atom stereocenters. The fourth-order valence-corrected chi connectivity index (χ4v) is 7.21. The van der Waals surface area contributed by atoms with Crippen molar-refractivity contribution in [1.82, 2.24) is 9.80 Å². The summed E-state index contributed by atoms with van der Waals surface area (Å²) in [6, 6.07) is 18.8. The molecule has 0 amide bonds. The topological polar surface area (TPSA) is 13.0 Å². The Morgan fingerprint density at radius 3 is 1.45 bits per heavy atom. The molecule has 0 aromatic heterocycles. The van der Waals surface area contributed by atoms with Gasteiger partial charge in [-0.05, 0) is 125 Å². The summed E-state index contributed by atoms with van der Waals surface area (Å²) in [5.74, 6) is 0. The van der Waals surface area contributed by atoms with Crippen LogP contribution >= 0.6 is 0 Å². The minimum atomic E-state index is 0.340. The molecule has 0 spiro atoms. The van der Waals surface area contributed by atoms with Gasteiger partial charge in [0.15, 0.2) is 0 Å². The van der Waals surface area contributed by atoms with E-state index in [1.165, 1.54) is 33.6 Å². The van der Waals surface area contributed by atoms with Gasteiger partial charge >= 0.3 is 0 Å². The molecule has 2 aromatic carbocycles. The van der Waals surface area contributed by atoms with Crippen LogP contribution < -0.4 is 9.80 Å².